The minimum atomic E-state index is -0.880. The highest BCUT2D eigenvalue weighted by molar-refractivity contribution is 9.10. The van der Waals surface area contributed by atoms with Gasteiger partial charge < -0.3 is 14.4 Å². The van der Waals surface area contributed by atoms with Gasteiger partial charge >= 0.3 is 5.97 Å². The number of hydrogen-bond donors (Lipinski definition) is 1. The number of halogens is 1. The normalized spacial score (nSPS) is 19.4. The van der Waals surface area contributed by atoms with E-state index >= 15 is 0 Å². The first-order valence-electron chi connectivity index (χ1n) is 6.10. The molecule has 0 radical (unpaired) electrons. The Morgan fingerprint density at radius 3 is 3.00 bits per heavy atom. The average Bonchev–Trinajstić information content (AvgIpc) is 2.82. The first-order chi connectivity index (χ1) is 9.56. The molecule has 1 aliphatic heterocycles. The molecular weight excluding hydrogens is 346 g/mol. The summed E-state index contributed by atoms with van der Waals surface area (Å²) >= 11 is 4.87. The molecule has 1 saturated heterocycles. The third kappa shape index (κ3) is 4.14. The van der Waals surface area contributed by atoms with E-state index in [0.29, 0.717) is 22.7 Å². The van der Waals surface area contributed by atoms with Gasteiger partial charge in [-0.1, -0.05) is 0 Å². The van der Waals surface area contributed by atoms with E-state index in [1.807, 2.05) is 0 Å². The van der Waals surface area contributed by atoms with E-state index in [1.165, 1.54) is 6.08 Å². The van der Waals surface area contributed by atoms with Gasteiger partial charge in [-0.05, 0) is 34.1 Å². The van der Waals surface area contributed by atoms with Crippen molar-refractivity contribution in [3.05, 3.63) is 28.6 Å². The summed E-state index contributed by atoms with van der Waals surface area (Å²) in [7, 11) is 0. The number of rotatable bonds is 4. The molecule has 0 aromatic carbocycles. The van der Waals surface area contributed by atoms with Crippen LogP contribution in [-0.2, 0) is 9.59 Å². The molecule has 1 amide bonds. The lowest BCUT2D eigenvalue weighted by Gasteiger charge is -2.33. The summed E-state index contributed by atoms with van der Waals surface area (Å²) in [6.07, 6.45) is 3.00. The summed E-state index contributed by atoms with van der Waals surface area (Å²) in [5.41, 5.74) is 0. The third-order valence-corrected chi connectivity index (χ3v) is 4.42. The van der Waals surface area contributed by atoms with Crippen LogP contribution in [0, 0.1) is 0 Å². The lowest BCUT2D eigenvalue weighted by atomic mass is 10.2. The molecule has 2 rings (SSSR count). The Kier molecular flexibility index (Phi) is 5.31. The van der Waals surface area contributed by atoms with Crippen LogP contribution in [0.15, 0.2) is 27.3 Å². The standard InChI is InChI=1S/C13H14BrNO4S/c14-11-3-1-10(19-11)2-4-12(16)15-5-6-20-8-9(15)7-13(17)18/h1-4,9H,5-8H2,(H,17,18). The highest BCUT2D eigenvalue weighted by atomic mass is 79.9. The number of carbonyl (C=O) groups excluding carboxylic acids is 1. The number of furan rings is 1. The van der Waals surface area contributed by atoms with Gasteiger partial charge in [-0.2, -0.15) is 11.8 Å². The summed E-state index contributed by atoms with van der Waals surface area (Å²) in [4.78, 5) is 24.6. The molecule has 1 N–H and O–H groups in total. The van der Waals surface area contributed by atoms with E-state index in [-0.39, 0.29) is 18.4 Å². The molecule has 0 saturated carbocycles. The van der Waals surface area contributed by atoms with Crippen LogP contribution in [-0.4, -0.2) is 46.0 Å². The van der Waals surface area contributed by atoms with Gasteiger partial charge in [0.25, 0.3) is 0 Å². The Bertz CT molecular complexity index is 528. The van der Waals surface area contributed by atoms with Gasteiger partial charge in [0.1, 0.15) is 5.76 Å². The molecule has 20 heavy (non-hydrogen) atoms. The lowest BCUT2D eigenvalue weighted by Crippen LogP contribution is -2.46. The van der Waals surface area contributed by atoms with E-state index in [2.05, 4.69) is 15.9 Å². The molecule has 1 aromatic rings. The van der Waals surface area contributed by atoms with Crippen LogP contribution < -0.4 is 0 Å². The molecule has 1 unspecified atom stereocenters. The van der Waals surface area contributed by atoms with Gasteiger partial charge in [0.2, 0.25) is 5.91 Å². The summed E-state index contributed by atoms with van der Waals surface area (Å²) in [6.45, 7) is 0.577. The fraction of sp³-hybridized carbons (Fsp3) is 0.385. The number of aliphatic carboxylic acids is 1. The predicted molar refractivity (Wildman–Crippen MR) is 80.5 cm³/mol. The number of carboxylic acids is 1. The number of carboxylic acid groups (broad SMARTS) is 1. The molecule has 0 spiro atoms. The summed E-state index contributed by atoms with van der Waals surface area (Å²) in [5, 5.41) is 8.89. The molecule has 108 valence electrons. The van der Waals surface area contributed by atoms with Crippen LogP contribution in [0.1, 0.15) is 12.2 Å². The second kappa shape index (κ2) is 6.99. The smallest absolute Gasteiger partial charge is 0.305 e. The number of carbonyl (C=O) groups is 2. The van der Waals surface area contributed by atoms with E-state index in [4.69, 9.17) is 9.52 Å². The topological polar surface area (TPSA) is 70.8 Å². The lowest BCUT2D eigenvalue weighted by molar-refractivity contribution is -0.139. The van der Waals surface area contributed by atoms with Crippen LogP contribution in [0.2, 0.25) is 0 Å². The van der Waals surface area contributed by atoms with Crippen LogP contribution in [0.25, 0.3) is 6.08 Å². The largest absolute Gasteiger partial charge is 0.481 e. The summed E-state index contributed by atoms with van der Waals surface area (Å²) in [5.74, 6) is 1.02. The fourth-order valence-corrected chi connectivity index (χ4v) is 3.36. The van der Waals surface area contributed by atoms with Crippen LogP contribution in [0.3, 0.4) is 0 Å². The zero-order valence-electron chi connectivity index (χ0n) is 10.6. The quantitative estimate of drug-likeness (QED) is 0.836. The molecular formula is C13H14BrNO4S. The molecule has 1 fully saturated rings. The Morgan fingerprint density at radius 2 is 2.35 bits per heavy atom. The van der Waals surface area contributed by atoms with E-state index < -0.39 is 5.97 Å². The molecule has 1 aliphatic rings. The maximum atomic E-state index is 12.2. The second-order valence-electron chi connectivity index (χ2n) is 4.33. The Balaban J connectivity index is 2.02. The van der Waals surface area contributed by atoms with Gasteiger partial charge in [0.05, 0.1) is 12.5 Å². The monoisotopic (exact) mass is 359 g/mol. The van der Waals surface area contributed by atoms with Crippen molar-refractivity contribution in [3.63, 3.8) is 0 Å². The highest BCUT2D eigenvalue weighted by Crippen LogP contribution is 2.20. The first kappa shape index (κ1) is 15.2. The SMILES string of the molecule is O=C(O)CC1CSCCN1C(=O)C=Cc1ccc(Br)o1. The van der Waals surface area contributed by atoms with Crippen molar-refractivity contribution in [1.29, 1.82) is 0 Å². The number of nitrogens with zero attached hydrogens (tertiary/aromatic N) is 1. The molecule has 2 heterocycles. The summed E-state index contributed by atoms with van der Waals surface area (Å²) < 4.78 is 5.87. The maximum Gasteiger partial charge on any atom is 0.305 e. The van der Waals surface area contributed by atoms with Crippen molar-refractivity contribution in [1.82, 2.24) is 4.90 Å². The minimum absolute atomic E-state index is 0.0150. The van der Waals surface area contributed by atoms with Gasteiger partial charge in [-0.3, -0.25) is 9.59 Å². The molecule has 5 nitrogen and oxygen atoms in total. The van der Waals surface area contributed by atoms with Crippen molar-refractivity contribution in [2.24, 2.45) is 0 Å². The number of thioether (sulfide) groups is 1. The maximum absolute atomic E-state index is 12.2. The van der Waals surface area contributed by atoms with E-state index in [1.54, 1.807) is 34.9 Å². The number of amides is 1. The molecule has 1 atom stereocenters. The van der Waals surface area contributed by atoms with Crippen LogP contribution >= 0.6 is 27.7 Å². The van der Waals surface area contributed by atoms with Crippen molar-refractivity contribution in [2.45, 2.75) is 12.5 Å². The predicted octanol–water partition coefficient (Wildman–Crippen LogP) is 2.47. The zero-order chi connectivity index (χ0) is 14.5. The number of hydrogen-bond acceptors (Lipinski definition) is 4. The Labute approximate surface area is 129 Å². The van der Waals surface area contributed by atoms with Crippen molar-refractivity contribution in [3.8, 4) is 0 Å². The Morgan fingerprint density at radius 1 is 1.55 bits per heavy atom. The third-order valence-electron chi connectivity index (χ3n) is 2.91. The molecule has 7 heteroatoms. The van der Waals surface area contributed by atoms with E-state index in [9.17, 15) is 9.59 Å². The molecule has 0 bridgehead atoms. The molecule has 1 aromatic heterocycles. The van der Waals surface area contributed by atoms with Crippen LogP contribution in [0.5, 0.6) is 0 Å². The van der Waals surface area contributed by atoms with E-state index in [0.717, 1.165) is 5.75 Å². The zero-order valence-corrected chi connectivity index (χ0v) is 13.0. The van der Waals surface area contributed by atoms with Crippen LogP contribution in [0.4, 0.5) is 0 Å². The minimum Gasteiger partial charge on any atom is -0.481 e. The van der Waals surface area contributed by atoms with Crippen molar-refractivity contribution >= 4 is 45.6 Å². The molecule has 0 aliphatic carbocycles. The van der Waals surface area contributed by atoms with Crippen molar-refractivity contribution < 1.29 is 19.1 Å². The van der Waals surface area contributed by atoms with Gasteiger partial charge in [0, 0.05) is 24.1 Å². The van der Waals surface area contributed by atoms with Crippen molar-refractivity contribution in [2.75, 3.05) is 18.1 Å². The summed E-state index contributed by atoms with van der Waals surface area (Å²) in [6, 6.07) is 3.25. The fourth-order valence-electron chi connectivity index (χ4n) is 1.98. The van der Waals surface area contributed by atoms with Gasteiger partial charge in [-0.15, -0.1) is 0 Å². The highest BCUT2D eigenvalue weighted by Gasteiger charge is 2.27. The second-order valence-corrected chi connectivity index (χ2v) is 6.26. The Hall–Kier alpha value is -1.21. The van der Waals surface area contributed by atoms with Gasteiger partial charge in [0.15, 0.2) is 4.67 Å². The average molecular weight is 360 g/mol. The first-order valence-corrected chi connectivity index (χ1v) is 8.04. The van der Waals surface area contributed by atoms with Gasteiger partial charge in [-0.25, -0.2) is 0 Å².